The van der Waals surface area contributed by atoms with Crippen molar-refractivity contribution in [2.45, 2.75) is 38.0 Å². The van der Waals surface area contributed by atoms with Gasteiger partial charge < -0.3 is 0 Å². The molecule has 0 saturated heterocycles. The van der Waals surface area contributed by atoms with Crippen LogP contribution in [-0.2, 0) is 3.42 Å². The van der Waals surface area contributed by atoms with E-state index in [2.05, 4.69) is 36.4 Å². The first-order valence-electron chi connectivity index (χ1n) is 5.46. The van der Waals surface area contributed by atoms with Crippen molar-refractivity contribution in [3.63, 3.8) is 0 Å². The molecule has 1 rings (SSSR count). The van der Waals surface area contributed by atoms with Crippen LogP contribution in [0.2, 0.25) is 0 Å². The van der Waals surface area contributed by atoms with Gasteiger partial charge in [-0.25, -0.2) is 0 Å². The molecule has 0 aliphatic heterocycles. The molecule has 0 amide bonds. The number of alkyl halides is 1. The third-order valence-corrected chi connectivity index (χ3v) is 3.14. The van der Waals surface area contributed by atoms with Gasteiger partial charge in [0.1, 0.15) is 0 Å². The largest absolute Gasteiger partial charge is 0.294 e. The smallest absolute Gasteiger partial charge is 0.168 e. The second-order valence-electron chi connectivity index (χ2n) is 5.63. The zero-order valence-electron chi connectivity index (χ0n) is 10.6. The Bertz CT molecular complexity index is 377. The Hall–Kier alpha value is -0.380. The first-order valence-corrected chi connectivity index (χ1v) is 6.54. The van der Waals surface area contributed by atoms with Crippen LogP contribution in [0.5, 0.6) is 0 Å². The summed E-state index contributed by atoms with van der Waals surface area (Å²) in [6.07, 6.45) is 0. The summed E-state index contributed by atoms with van der Waals surface area (Å²) in [7, 11) is 0. The molecule has 0 aliphatic rings. The molecular weight excluding hydrogens is 311 g/mol. The Balaban J connectivity index is 3.01. The summed E-state index contributed by atoms with van der Waals surface area (Å²) in [5.74, 6) is 0.199. The number of benzene rings is 1. The second-order valence-corrected chi connectivity index (χ2v) is 8.33. The molecule has 0 aromatic heterocycles. The lowest BCUT2D eigenvalue weighted by Gasteiger charge is -2.19. The van der Waals surface area contributed by atoms with Gasteiger partial charge in [0.05, 0.1) is 0 Å². The van der Waals surface area contributed by atoms with Crippen LogP contribution in [0.3, 0.4) is 0 Å². The van der Waals surface area contributed by atoms with Crippen molar-refractivity contribution < 1.29 is 4.79 Å². The minimum absolute atomic E-state index is 0.112. The molecule has 0 spiro atoms. The number of carbonyl (C=O) groups is 1. The SMILES string of the molecule is CC(C)(C)C(=O)c1ccc(C(C)(C)I)cc1. The van der Waals surface area contributed by atoms with Gasteiger partial charge in [-0.2, -0.15) is 0 Å². The maximum atomic E-state index is 12.0. The summed E-state index contributed by atoms with van der Waals surface area (Å²) >= 11 is 2.40. The fourth-order valence-corrected chi connectivity index (χ4v) is 1.81. The van der Waals surface area contributed by atoms with Crippen LogP contribution in [0.1, 0.15) is 50.5 Å². The minimum atomic E-state index is -0.304. The molecule has 0 saturated carbocycles. The number of rotatable bonds is 2. The molecule has 0 fully saturated rings. The summed E-state index contributed by atoms with van der Waals surface area (Å²) in [5.41, 5.74) is 1.75. The summed E-state index contributed by atoms with van der Waals surface area (Å²) < 4.78 is 0.112. The van der Waals surface area contributed by atoms with E-state index in [1.165, 1.54) is 5.56 Å². The van der Waals surface area contributed by atoms with E-state index in [1.807, 2.05) is 45.0 Å². The molecule has 0 atom stereocenters. The van der Waals surface area contributed by atoms with Crippen molar-refractivity contribution in [1.82, 2.24) is 0 Å². The van der Waals surface area contributed by atoms with Crippen LogP contribution in [0, 0.1) is 5.41 Å². The molecular formula is C14H19IO. The van der Waals surface area contributed by atoms with E-state index in [1.54, 1.807) is 0 Å². The lowest BCUT2D eigenvalue weighted by molar-refractivity contribution is 0.0858. The van der Waals surface area contributed by atoms with Crippen molar-refractivity contribution in [2.75, 3.05) is 0 Å². The average molecular weight is 330 g/mol. The van der Waals surface area contributed by atoms with Gasteiger partial charge in [0.25, 0.3) is 0 Å². The second kappa shape index (κ2) is 4.47. The van der Waals surface area contributed by atoms with Crippen molar-refractivity contribution >= 4 is 28.4 Å². The predicted octanol–water partition coefficient (Wildman–Crippen LogP) is 4.59. The third kappa shape index (κ3) is 3.30. The summed E-state index contributed by atoms with van der Waals surface area (Å²) in [6.45, 7) is 10.2. The number of hydrogen-bond acceptors (Lipinski definition) is 1. The molecule has 0 N–H and O–H groups in total. The van der Waals surface area contributed by atoms with Crippen LogP contribution in [0.4, 0.5) is 0 Å². The van der Waals surface area contributed by atoms with Crippen molar-refractivity contribution in [3.8, 4) is 0 Å². The molecule has 2 heteroatoms. The van der Waals surface area contributed by atoms with Crippen molar-refractivity contribution in [3.05, 3.63) is 35.4 Å². The molecule has 0 heterocycles. The highest BCUT2D eigenvalue weighted by atomic mass is 127. The summed E-state index contributed by atoms with van der Waals surface area (Å²) in [6, 6.07) is 7.96. The normalized spacial score (nSPS) is 12.6. The molecule has 16 heavy (non-hydrogen) atoms. The first kappa shape index (κ1) is 13.7. The van der Waals surface area contributed by atoms with Gasteiger partial charge in [0, 0.05) is 14.4 Å². The molecule has 1 aromatic carbocycles. The zero-order chi connectivity index (χ0) is 12.6. The quantitative estimate of drug-likeness (QED) is 0.440. The monoisotopic (exact) mass is 330 g/mol. The van der Waals surface area contributed by atoms with E-state index in [0.717, 1.165) is 5.56 Å². The number of Topliss-reactive ketones (excluding diaryl/α,β-unsaturated/α-hetero) is 1. The van der Waals surface area contributed by atoms with E-state index < -0.39 is 0 Å². The fourth-order valence-electron chi connectivity index (χ4n) is 1.45. The van der Waals surface area contributed by atoms with Crippen LogP contribution >= 0.6 is 22.6 Å². The average Bonchev–Trinajstić information content (AvgIpc) is 2.14. The lowest BCUT2D eigenvalue weighted by atomic mass is 9.86. The van der Waals surface area contributed by atoms with Gasteiger partial charge in [0.2, 0.25) is 0 Å². The fraction of sp³-hybridized carbons (Fsp3) is 0.500. The highest BCUT2D eigenvalue weighted by molar-refractivity contribution is 14.1. The lowest BCUT2D eigenvalue weighted by Crippen LogP contribution is -2.20. The van der Waals surface area contributed by atoms with Crippen molar-refractivity contribution in [2.24, 2.45) is 5.41 Å². The van der Waals surface area contributed by atoms with Gasteiger partial charge in [-0.1, -0.05) is 67.6 Å². The van der Waals surface area contributed by atoms with Crippen molar-refractivity contribution in [1.29, 1.82) is 0 Å². The Morgan fingerprint density at radius 2 is 1.44 bits per heavy atom. The van der Waals surface area contributed by atoms with Crippen LogP contribution < -0.4 is 0 Å². The van der Waals surface area contributed by atoms with Crippen LogP contribution in [-0.4, -0.2) is 5.78 Å². The molecule has 0 unspecified atom stereocenters. The van der Waals surface area contributed by atoms with E-state index in [-0.39, 0.29) is 14.6 Å². The molecule has 1 nitrogen and oxygen atoms in total. The Kier molecular flexibility index (Phi) is 3.83. The number of halogens is 1. The maximum absolute atomic E-state index is 12.0. The third-order valence-electron chi connectivity index (χ3n) is 2.51. The van der Waals surface area contributed by atoms with Gasteiger partial charge >= 0.3 is 0 Å². The van der Waals surface area contributed by atoms with Gasteiger partial charge in [0.15, 0.2) is 5.78 Å². The summed E-state index contributed by atoms with van der Waals surface area (Å²) in [5, 5.41) is 0. The van der Waals surface area contributed by atoms with E-state index >= 15 is 0 Å². The first-order chi connectivity index (χ1) is 7.12. The van der Waals surface area contributed by atoms with E-state index in [9.17, 15) is 4.79 Å². The zero-order valence-corrected chi connectivity index (χ0v) is 12.8. The Morgan fingerprint density at radius 1 is 1.00 bits per heavy atom. The Labute approximate surface area is 112 Å². The molecule has 0 radical (unpaired) electrons. The Morgan fingerprint density at radius 3 is 1.75 bits per heavy atom. The van der Waals surface area contributed by atoms with Crippen LogP contribution in [0.15, 0.2) is 24.3 Å². The standard InChI is InChI=1S/C14H19IO/c1-13(2,3)12(16)10-6-8-11(9-7-10)14(4,5)15/h6-9H,1-5H3. The minimum Gasteiger partial charge on any atom is -0.294 e. The molecule has 1 aromatic rings. The predicted molar refractivity (Wildman–Crippen MR) is 77.3 cm³/mol. The molecule has 0 aliphatic carbocycles. The summed E-state index contributed by atoms with van der Waals surface area (Å²) in [4.78, 5) is 12.0. The van der Waals surface area contributed by atoms with E-state index in [4.69, 9.17) is 0 Å². The van der Waals surface area contributed by atoms with E-state index in [0.29, 0.717) is 0 Å². The molecule has 88 valence electrons. The number of carbonyl (C=O) groups excluding carboxylic acids is 1. The highest BCUT2D eigenvalue weighted by Gasteiger charge is 2.23. The van der Waals surface area contributed by atoms with Crippen LogP contribution in [0.25, 0.3) is 0 Å². The van der Waals surface area contributed by atoms with Gasteiger partial charge in [-0.15, -0.1) is 0 Å². The number of ketones is 1. The molecule has 0 bridgehead atoms. The van der Waals surface area contributed by atoms with Gasteiger partial charge in [-0.05, 0) is 19.4 Å². The maximum Gasteiger partial charge on any atom is 0.168 e. The van der Waals surface area contributed by atoms with Gasteiger partial charge in [-0.3, -0.25) is 4.79 Å². The topological polar surface area (TPSA) is 17.1 Å². The highest BCUT2D eigenvalue weighted by Crippen LogP contribution is 2.31. The number of hydrogen-bond donors (Lipinski definition) is 0.